The molecule has 0 aromatic carbocycles. The molecule has 0 aliphatic heterocycles. The largest absolute Gasteiger partial charge is 0.428 e. The van der Waals surface area contributed by atoms with Crippen molar-refractivity contribution < 1.29 is 8.85 Å². The molecule has 0 aliphatic rings. The molecule has 2 N–H and O–H groups in total. The van der Waals surface area contributed by atoms with Gasteiger partial charge >= 0.3 is 8.72 Å². The van der Waals surface area contributed by atoms with Crippen LogP contribution >= 0.6 is 0 Å². The van der Waals surface area contributed by atoms with Crippen LogP contribution in [-0.2, 0) is 8.85 Å². The number of hydrogen-bond donors (Lipinski definition) is 1. The van der Waals surface area contributed by atoms with Gasteiger partial charge in [0.05, 0.1) is 0 Å². The summed E-state index contributed by atoms with van der Waals surface area (Å²) >= 11 is 0. The van der Waals surface area contributed by atoms with Crippen molar-refractivity contribution in [2.75, 3.05) is 7.11 Å². The Morgan fingerprint density at radius 1 is 1.11 bits per heavy atom. The van der Waals surface area contributed by atoms with Gasteiger partial charge in [0.15, 0.2) is 0 Å². The monoisotopic (exact) mass is 275 g/mol. The third-order valence-electron chi connectivity index (χ3n) is 4.21. The molecule has 0 saturated carbocycles. The topological polar surface area (TPSA) is 44.5 Å². The van der Waals surface area contributed by atoms with Crippen molar-refractivity contribution in [2.24, 2.45) is 11.3 Å². The summed E-state index contributed by atoms with van der Waals surface area (Å²) in [6.45, 7) is 13.1. The standard InChI is InChI=1S/C14H33NO2Si/c1-8-10-13(11-9-2)17-18(15,16-7)14(5,6)12(3)4/h12-13H,8-11,15H2,1-7H3. The zero-order valence-electron chi connectivity index (χ0n) is 13.4. The second-order valence-electron chi connectivity index (χ2n) is 6.07. The number of nitrogens with two attached hydrogens (primary N) is 1. The Hall–Kier alpha value is 0.0969. The summed E-state index contributed by atoms with van der Waals surface area (Å²) in [7, 11) is -0.952. The molecule has 0 spiro atoms. The summed E-state index contributed by atoms with van der Waals surface area (Å²) in [5.74, 6) is 0.443. The van der Waals surface area contributed by atoms with Crippen LogP contribution in [0, 0.1) is 5.92 Å². The quantitative estimate of drug-likeness (QED) is 0.648. The van der Waals surface area contributed by atoms with Gasteiger partial charge in [-0.15, -0.1) is 0 Å². The molecule has 0 aromatic heterocycles. The SMILES string of the molecule is CCCC(CCC)O[Si](N)(OC)C(C)(C)C(C)C. The molecule has 0 saturated heterocycles. The van der Waals surface area contributed by atoms with Crippen LogP contribution in [0.25, 0.3) is 0 Å². The molecule has 0 aromatic rings. The molecule has 0 heterocycles. The first-order valence-corrected chi connectivity index (χ1v) is 9.16. The molecule has 0 amide bonds. The number of hydrogen-bond acceptors (Lipinski definition) is 3. The van der Waals surface area contributed by atoms with Crippen LogP contribution in [0.3, 0.4) is 0 Å². The van der Waals surface area contributed by atoms with Gasteiger partial charge in [-0.1, -0.05) is 54.4 Å². The van der Waals surface area contributed by atoms with E-state index in [1.165, 1.54) is 0 Å². The minimum Gasteiger partial charge on any atom is -0.386 e. The van der Waals surface area contributed by atoms with Gasteiger partial charge in [-0.25, -0.2) is 0 Å². The van der Waals surface area contributed by atoms with Crippen molar-refractivity contribution in [3.8, 4) is 0 Å². The zero-order valence-corrected chi connectivity index (χ0v) is 14.4. The predicted octanol–water partition coefficient (Wildman–Crippen LogP) is 3.95. The van der Waals surface area contributed by atoms with Crippen LogP contribution in [0.4, 0.5) is 0 Å². The fraction of sp³-hybridized carbons (Fsp3) is 1.00. The molecule has 0 bridgehead atoms. The Labute approximate surface area is 115 Å². The van der Waals surface area contributed by atoms with Gasteiger partial charge in [-0.2, -0.15) is 0 Å². The molecular weight excluding hydrogens is 242 g/mol. The minimum absolute atomic E-state index is 0.0958. The van der Waals surface area contributed by atoms with E-state index in [0.717, 1.165) is 25.7 Å². The highest BCUT2D eigenvalue weighted by Crippen LogP contribution is 2.43. The molecule has 0 aliphatic carbocycles. The van der Waals surface area contributed by atoms with Crippen LogP contribution in [0.1, 0.15) is 67.2 Å². The highest BCUT2D eigenvalue weighted by molar-refractivity contribution is 6.67. The first kappa shape index (κ1) is 18.1. The fourth-order valence-corrected chi connectivity index (χ4v) is 4.48. The lowest BCUT2D eigenvalue weighted by molar-refractivity contribution is 0.0899. The van der Waals surface area contributed by atoms with Gasteiger partial charge in [0.25, 0.3) is 0 Å². The highest BCUT2D eigenvalue weighted by atomic mass is 28.4. The van der Waals surface area contributed by atoms with E-state index in [9.17, 15) is 0 Å². The van der Waals surface area contributed by atoms with Crippen molar-refractivity contribution in [1.82, 2.24) is 0 Å². The van der Waals surface area contributed by atoms with E-state index in [1.807, 2.05) is 0 Å². The summed E-state index contributed by atoms with van der Waals surface area (Å²) in [6.07, 6.45) is 4.63. The van der Waals surface area contributed by atoms with Crippen LogP contribution < -0.4 is 5.40 Å². The van der Waals surface area contributed by atoms with Crippen LogP contribution in [0.5, 0.6) is 0 Å². The van der Waals surface area contributed by atoms with Gasteiger partial charge < -0.3 is 14.3 Å². The van der Waals surface area contributed by atoms with Crippen molar-refractivity contribution in [1.29, 1.82) is 0 Å². The molecule has 0 radical (unpaired) electrons. The maximum Gasteiger partial charge on any atom is 0.428 e. The lowest BCUT2D eigenvalue weighted by Crippen LogP contribution is -2.62. The van der Waals surface area contributed by atoms with Crippen LogP contribution in [0.15, 0.2) is 0 Å². The second-order valence-corrected chi connectivity index (χ2v) is 9.33. The van der Waals surface area contributed by atoms with Gasteiger partial charge in [0, 0.05) is 18.3 Å². The van der Waals surface area contributed by atoms with E-state index in [4.69, 9.17) is 14.3 Å². The maximum absolute atomic E-state index is 6.53. The van der Waals surface area contributed by atoms with Crippen LogP contribution in [0.2, 0.25) is 5.04 Å². The molecular formula is C14H33NO2Si. The van der Waals surface area contributed by atoms with Crippen molar-refractivity contribution in [3.05, 3.63) is 0 Å². The van der Waals surface area contributed by atoms with Crippen LogP contribution in [-0.4, -0.2) is 21.9 Å². The lowest BCUT2D eigenvalue weighted by atomic mass is 9.99. The Bertz CT molecular complexity index is 228. The molecule has 1 atom stereocenters. The fourth-order valence-electron chi connectivity index (χ4n) is 2.02. The van der Waals surface area contributed by atoms with E-state index in [-0.39, 0.29) is 11.1 Å². The number of rotatable bonds is 9. The van der Waals surface area contributed by atoms with E-state index in [0.29, 0.717) is 5.92 Å². The first-order chi connectivity index (χ1) is 8.25. The van der Waals surface area contributed by atoms with Gasteiger partial charge in [0.2, 0.25) is 0 Å². The summed E-state index contributed by atoms with van der Waals surface area (Å²) in [5, 5.41) is 6.44. The van der Waals surface area contributed by atoms with E-state index in [1.54, 1.807) is 7.11 Å². The molecule has 18 heavy (non-hydrogen) atoms. The predicted molar refractivity (Wildman–Crippen MR) is 80.5 cm³/mol. The molecule has 3 nitrogen and oxygen atoms in total. The van der Waals surface area contributed by atoms with E-state index >= 15 is 0 Å². The van der Waals surface area contributed by atoms with Crippen molar-refractivity contribution >= 4 is 8.72 Å². The first-order valence-electron chi connectivity index (χ1n) is 7.26. The Balaban J connectivity index is 4.92. The van der Waals surface area contributed by atoms with Gasteiger partial charge in [-0.05, 0) is 18.8 Å². The zero-order chi connectivity index (χ0) is 14.4. The van der Waals surface area contributed by atoms with E-state index < -0.39 is 8.72 Å². The second kappa shape index (κ2) is 7.63. The lowest BCUT2D eigenvalue weighted by Gasteiger charge is -2.43. The summed E-state index contributed by atoms with van der Waals surface area (Å²) in [4.78, 5) is 0. The molecule has 1 unspecified atom stereocenters. The summed E-state index contributed by atoms with van der Waals surface area (Å²) in [5.41, 5.74) is 0. The Morgan fingerprint density at radius 3 is 1.83 bits per heavy atom. The average Bonchev–Trinajstić information content (AvgIpc) is 2.29. The Kier molecular flexibility index (Phi) is 7.67. The van der Waals surface area contributed by atoms with Crippen molar-refractivity contribution in [2.45, 2.75) is 78.4 Å². The minimum atomic E-state index is -2.65. The third-order valence-corrected chi connectivity index (χ3v) is 7.87. The summed E-state index contributed by atoms with van der Waals surface area (Å²) < 4.78 is 12.0. The highest BCUT2D eigenvalue weighted by Gasteiger charge is 2.52. The molecule has 110 valence electrons. The normalized spacial score (nSPS) is 16.3. The third kappa shape index (κ3) is 4.33. The van der Waals surface area contributed by atoms with Gasteiger partial charge in [-0.3, -0.25) is 0 Å². The summed E-state index contributed by atoms with van der Waals surface area (Å²) in [6, 6.07) is 0. The Morgan fingerprint density at radius 2 is 1.56 bits per heavy atom. The molecule has 0 fully saturated rings. The van der Waals surface area contributed by atoms with Gasteiger partial charge in [0.1, 0.15) is 0 Å². The molecule has 4 heteroatoms. The average molecular weight is 276 g/mol. The maximum atomic E-state index is 6.53. The smallest absolute Gasteiger partial charge is 0.386 e. The van der Waals surface area contributed by atoms with E-state index in [2.05, 4.69) is 41.5 Å². The van der Waals surface area contributed by atoms with Crippen molar-refractivity contribution in [3.63, 3.8) is 0 Å². The molecule has 0 rings (SSSR count).